The molecule has 0 saturated heterocycles. The van der Waals surface area contributed by atoms with Crippen LogP contribution in [0.2, 0.25) is 0 Å². The fourth-order valence-electron chi connectivity index (χ4n) is 2.32. The zero-order valence-corrected chi connectivity index (χ0v) is 11.5. The average Bonchev–Trinajstić information content (AvgIpc) is 2.36. The average molecular weight is 303 g/mol. The van der Waals surface area contributed by atoms with Gasteiger partial charge >= 0.3 is 0 Å². The molecule has 2 aromatic rings. The van der Waals surface area contributed by atoms with Crippen LogP contribution in [0, 0.1) is 6.92 Å². The van der Waals surface area contributed by atoms with E-state index in [0.717, 1.165) is 5.56 Å². The van der Waals surface area contributed by atoms with Crippen LogP contribution in [0.5, 0.6) is 0 Å². The molecule has 0 unspecified atom stereocenters. The molecular formula is C15H11BrO2. The van der Waals surface area contributed by atoms with Crippen LogP contribution in [-0.2, 0) is 0 Å². The van der Waals surface area contributed by atoms with E-state index in [-0.39, 0.29) is 28.5 Å². The van der Waals surface area contributed by atoms with E-state index in [4.69, 9.17) is 0 Å². The molecule has 0 N–H and O–H groups in total. The van der Waals surface area contributed by atoms with Crippen LogP contribution in [-0.4, -0.2) is 11.6 Å². The number of fused-ring (bicyclic) bond motifs is 2. The quantitative estimate of drug-likeness (QED) is 0.638. The molecule has 0 saturated carbocycles. The zero-order valence-electron chi connectivity index (χ0n) is 9.77. The molecule has 90 valence electrons. The van der Waals surface area contributed by atoms with Crippen molar-refractivity contribution in [1.29, 1.82) is 0 Å². The monoisotopic (exact) mass is 302 g/mol. The summed E-state index contributed by atoms with van der Waals surface area (Å²) in [5, 5.41) is 0. The smallest absolute Gasteiger partial charge is 0.194 e. The largest absolute Gasteiger partial charge is 0.289 e. The fraction of sp³-hybridized carbons (Fsp3) is 0.0667. The Kier molecular flexibility index (Phi) is 3.18. The molecular weight excluding hydrogens is 292 g/mol. The molecule has 1 aliphatic carbocycles. The van der Waals surface area contributed by atoms with Gasteiger partial charge < -0.3 is 0 Å². The maximum Gasteiger partial charge on any atom is 0.194 e. The number of carbonyl (C=O) groups excluding carboxylic acids is 2. The van der Waals surface area contributed by atoms with Crippen LogP contribution in [0.1, 0.15) is 37.4 Å². The lowest BCUT2D eigenvalue weighted by Gasteiger charge is -2.18. The summed E-state index contributed by atoms with van der Waals surface area (Å²) >= 11 is 0. The first kappa shape index (κ1) is 12.7. The second-order valence-corrected chi connectivity index (χ2v) is 4.20. The minimum absolute atomic E-state index is 0. The van der Waals surface area contributed by atoms with Gasteiger partial charge in [-0.3, -0.25) is 9.59 Å². The third-order valence-corrected chi connectivity index (χ3v) is 3.16. The normalized spacial score (nSPS) is 12.5. The highest BCUT2D eigenvalue weighted by Crippen LogP contribution is 2.28. The van der Waals surface area contributed by atoms with Crippen molar-refractivity contribution in [2.75, 3.05) is 0 Å². The predicted octanol–water partition coefficient (Wildman–Crippen LogP) is 3.35. The third-order valence-electron chi connectivity index (χ3n) is 3.16. The van der Waals surface area contributed by atoms with Crippen molar-refractivity contribution < 1.29 is 9.59 Å². The Balaban J connectivity index is 0.00000120. The molecule has 0 aromatic heterocycles. The van der Waals surface area contributed by atoms with E-state index in [9.17, 15) is 9.59 Å². The van der Waals surface area contributed by atoms with Gasteiger partial charge in [-0.2, -0.15) is 0 Å². The van der Waals surface area contributed by atoms with E-state index in [1.165, 1.54) is 0 Å². The summed E-state index contributed by atoms with van der Waals surface area (Å²) in [5.74, 6) is -0.104. The first-order valence-electron chi connectivity index (χ1n) is 5.48. The Morgan fingerprint density at radius 3 is 1.94 bits per heavy atom. The lowest BCUT2D eigenvalue weighted by molar-refractivity contribution is 0.0978. The second kappa shape index (κ2) is 4.50. The second-order valence-electron chi connectivity index (χ2n) is 4.20. The Labute approximate surface area is 115 Å². The minimum atomic E-state index is -0.0566. The molecule has 0 aliphatic heterocycles. The van der Waals surface area contributed by atoms with E-state index in [1.807, 2.05) is 19.1 Å². The van der Waals surface area contributed by atoms with Crippen molar-refractivity contribution in [3.63, 3.8) is 0 Å². The Morgan fingerprint density at radius 2 is 1.28 bits per heavy atom. The molecule has 0 bridgehead atoms. The Bertz CT molecular complexity index is 659. The van der Waals surface area contributed by atoms with Gasteiger partial charge in [0.1, 0.15) is 0 Å². The van der Waals surface area contributed by atoms with Crippen molar-refractivity contribution in [2.45, 2.75) is 6.92 Å². The van der Waals surface area contributed by atoms with Crippen LogP contribution in [0.25, 0.3) is 0 Å². The Morgan fingerprint density at radius 1 is 0.722 bits per heavy atom. The molecule has 3 rings (SSSR count). The number of hydrogen-bond donors (Lipinski definition) is 0. The molecule has 1 aliphatic rings. The lowest BCUT2D eigenvalue weighted by Crippen LogP contribution is -2.21. The summed E-state index contributed by atoms with van der Waals surface area (Å²) in [6, 6.07) is 12.4. The third kappa shape index (κ3) is 1.63. The fourth-order valence-corrected chi connectivity index (χ4v) is 2.32. The molecule has 0 heterocycles. The summed E-state index contributed by atoms with van der Waals surface area (Å²) in [6.07, 6.45) is 0. The van der Waals surface area contributed by atoms with Gasteiger partial charge in [0.05, 0.1) is 0 Å². The number of ketones is 2. The summed E-state index contributed by atoms with van der Waals surface area (Å²) in [5.41, 5.74) is 2.95. The number of aryl methyl sites for hydroxylation is 1. The van der Waals surface area contributed by atoms with E-state index in [2.05, 4.69) is 0 Å². The van der Waals surface area contributed by atoms with E-state index in [0.29, 0.717) is 22.3 Å². The van der Waals surface area contributed by atoms with Gasteiger partial charge in [0.25, 0.3) is 0 Å². The minimum Gasteiger partial charge on any atom is -0.289 e. The highest BCUT2D eigenvalue weighted by atomic mass is 79.9. The number of carbonyl (C=O) groups is 2. The van der Waals surface area contributed by atoms with E-state index in [1.54, 1.807) is 30.3 Å². The molecule has 0 amide bonds. The Hall–Kier alpha value is -1.74. The molecule has 0 atom stereocenters. The van der Waals surface area contributed by atoms with Gasteiger partial charge in [-0.05, 0) is 12.5 Å². The predicted molar refractivity (Wildman–Crippen MR) is 74.8 cm³/mol. The van der Waals surface area contributed by atoms with Crippen molar-refractivity contribution in [2.24, 2.45) is 0 Å². The maximum absolute atomic E-state index is 12.3. The molecule has 3 heteroatoms. The molecule has 18 heavy (non-hydrogen) atoms. The van der Waals surface area contributed by atoms with Gasteiger partial charge in [-0.15, -0.1) is 17.0 Å². The summed E-state index contributed by atoms with van der Waals surface area (Å²) in [6.45, 7) is 1.86. The lowest BCUT2D eigenvalue weighted by atomic mass is 9.82. The summed E-state index contributed by atoms with van der Waals surface area (Å²) in [4.78, 5) is 24.6. The summed E-state index contributed by atoms with van der Waals surface area (Å²) in [7, 11) is 0. The van der Waals surface area contributed by atoms with Gasteiger partial charge in [-0.25, -0.2) is 0 Å². The first-order chi connectivity index (χ1) is 8.20. The summed E-state index contributed by atoms with van der Waals surface area (Å²) < 4.78 is 0. The number of hydrogen-bond acceptors (Lipinski definition) is 2. The van der Waals surface area contributed by atoms with E-state index < -0.39 is 0 Å². The SMILES string of the molecule is Br.Cc1cccc2c1C(=O)c1ccccc1C2=O. The number of halogens is 1. The molecule has 0 spiro atoms. The van der Waals surface area contributed by atoms with Crippen molar-refractivity contribution in [1.82, 2.24) is 0 Å². The highest BCUT2D eigenvalue weighted by molar-refractivity contribution is 8.93. The first-order valence-corrected chi connectivity index (χ1v) is 5.48. The number of rotatable bonds is 0. The molecule has 2 nitrogen and oxygen atoms in total. The van der Waals surface area contributed by atoms with Gasteiger partial charge in [0.2, 0.25) is 0 Å². The van der Waals surface area contributed by atoms with Gasteiger partial charge in [0, 0.05) is 22.3 Å². The van der Waals surface area contributed by atoms with Crippen LogP contribution < -0.4 is 0 Å². The van der Waals surface area contributed by atoms with Crippen LogP contribution in [0.15, 0.2) is 42.5 Å². The number of benzene rings is 2. The van der Waals surface area contributed by atoms with Gasteiger partial charge in [-0.1, -0.05) is 42.5 Å². The highest BCUT2D eigenvalue weighted by Gasteiger charge is 2.29. The van der Waals surface area contributed by atoms with Gasteiger partial charge in [0.15, 0.2) is 11.6 Å². The van der Waals surface area contributed by atoms with Crippen molar-refractivity contribution in [3.8, 4) is 0 Å². The zero-order chi connectivity index (χ0) is 12.0. The maximum atomic E-state index is 12.3. The van der Waals surface area contributed by atoms with E-state index >= 15 is 0 Å². The van der Waals surface area contributed by atoms with Crippen molar-refractivity contribution in [3.05, 3.63) is 70.3 Å². The topological polar surface area (TPSA) is 34.1 Å². The molecule has 2 aromatic carbocycles. The van der Waals surface area contributed by atoms with Crippen molar-refractivity contribution >= 4 is 28.5 Å². The van der Waals surface area contributed by atoms with Crippen LogP contribution in [0.4, 0.5) is 0 Å². The molecule has 0 radical (unpaired) electrons. The molecule has 0 fully saturated rings. The van der Waals surface area contributed by atoms with Crippen LogP contribution >= 0.6 is 17.0 Å². The van der Waals surface area contributed by atoms with Crippen LogP contribution in [0.3, 0.4) is 0 Å². The standard InChI is InChI=1S/C15H10O2.BrH/c1-9-5-4-8-12-13(9)15(17)11-7-3-2-6-10(11)14(12)16;/h2-8H,1H3;1H.